The van der Waals surface area contributed by atoms with E-state index >= 15 is 0 Å². The van der Waals surface area contributed by atoms with Crippen LogP contribution in [0.15, 0.2) is 24.3 Å². The standard InChI is InChI=1S/C11H13N3O3/c1-2-12-7-8-13(11(12)15)9-3-5-10(6-4-9)14(16)17/h3-6H,2,7-8H2,1H3. The second-order valence-electron chi connectivity index (χ2n) is 3.79. The van der Waals surface area contributed by atoms with Gasteiger partial charge in [-0.25, -0.2) is 4.79 Å². The lowest BCUT2D eigenvalue weighted by atomic mass is 10.2. The van der Waals surface area contributed by atoms with Gasteiger partial charge in [-0.3, -0.25) is 15.0 Å². The zero-order valence-electron chi connectivity index (χ0n) is 9.50. The number of nitro groups is 1. The largest absolute Gasteiger partial charge is 0.324 e. The van der Waals surface area contributed by atoms with E-state index in [1.54, 1.807) is 21.9 Å². The van der Waals surface area contributed by atoms with E-state index in [2.05, 4.69) is 0 Å². The minimum Gasteiger partial charge on any atom is -0.323 e. The first-order valence-corrected chi connectivity index (χ1v) is 5.44. The number of urea groups is 1. The highest BCUT2D eigenvalue weighted by Gasteiger charge is 2.28. The van der Waals surface area contributed by atoms with E-state index in [-0.39, 0.29) is 11.7 Å². The van der Waals surface area contributed by atoms with Crippen LogP contribution in [0.4, 0.5) is 16.2 Å². The van der Waals surface area contributed by atoms with Crippen molar-refractivity contribution in [1.29, 1.82) is 0 Å². The molecule has 1 aromatic carbocycles. The molecule has 0 aromatic heterocycles. The molecule has 0 aliphatic carbocycles. The Morgan fingerprint density at radius 3 is 2.41 bits per heavy atom. The first-order valence-electron chi connectivity index (χ1n) is 5.44. The van der Waals surface area contributed by atoms with Gasteiger partial charge >= 0.3 is 6.03 Å². The molecular weight excluding hydrogens is 222 g/mol. The zero-order valence-corrected chi connectivity index (χ0v) is 9.50. The molecular formula is C11H13N3O3. The van der Waals surface area contributed by atoms with Crippen LogP contribution < -0.4 is 4.90 Å². The maximum atomic E-state index is 11.9. The molecule has 0 saturated carbocycles. The molecule has 0 radical (unpaired) electrons. The number of carbonyl (C=O) groups excluding carboxylic acids is 1. The van der Waals surface area contributed by atoms with Crippen LogP contribution in [0.1, 0.15) is 6.92 Å². The van der Waals surface area contributed by atoms with Crippen LogP contribution in [0.5, 0.6) is 0 Å². The zero-order chi connectivity index (χ0) is 12.4. The maximum Gasteiger partial charge on any atom is 0.324 e. The molecule has 1 aromatic rings. The van der Waals surface area contributed by atoms with Gasteiger partial charge in [-0.2, -0.15) is 0 Å². The summed E-state index contributed by atoms with van der Waals surface area (Å²) in [4.78, 5) is 25.3. The molecule has 1 aliphatic rings. The van der Waals surface area contributed by atoms with Crippen LogP contribution in [0.25, 0.3) is 0 Å². The lowest BCUT2D eigenvalue weighted by molar-refractivity contribution is -0.384. The van der Waals surface area contributed by atoms with Crippen molar-refractivity contribution in [1.82, 2.24) is 4.90 Å². The van der Waals surface area contributed by atoms with Crippen molar-refractivity contribution in [2.24, 2.45) is 0 Å². The van der Waals surface area contributed by atoms with Gasteiger partial charge in [0, 0.05) is 37.5 Å². The van der Waals surface area contributed by atoms with Gasteiger partial charge in [0.05, 0.1) is 4.92 Å². The summed E-state index contributed by atoms with van der Waals surface area (Å²) in [6.07, 6.45) is 0. The van der Waals surface area contributed by atoms with E-state index in [1.807, 2.05) is 6.92 Å². The van der Waals surface area contributed by atoms with Gasteiger partial charge in [0.25, 0.3) is 5.69 Å². The molecule has 0 spiro atoms. The SMILES string of the molecule is CCN1CCN(c2ccc([N+](=O)[O-])cc2)C1=O. The quantitative estimate of drug-likeness (QED) is 0.593. The van der Waals surface area contributed by atoms with Crippen LogP contribution >= 0.6 is 0 Å². The van der Waals surface area contributed by atoms with E-state index in [4.69, 9.17) is 0 Å². The normalized spacial score (nSPS) is 15.5. The number of anilines is 1. The summed E-state index contributed by atoms with van der Waals surface area (Å²) in [5.41, 5.74) is 0.740. The highest BCUT2D eigenvalue weighted by Crippen LogP contribution is 2.22. The number of likely N-dealkylation sites (N-methyl/N-ethyl adjacent to an activating group) is 1. The molecule has 0 N–H and O–H groups in total. The second kappa shape index (κ2) is 4.40. The van der Waals surface area contributed by atoms with Crippen molar-refractivity contribution in [2.45, 2.75) is 6.92 Å². The summed E-state index contributed by atoms with van der Waals surface area (Å²) in [6.45, 7) is 3.94. The van der Waals surface area contributed by atoms with Crippen molar-refractivity contribution in [3.63, 3.8) is 0 Å². The molecule has 17 heavy (non-hydrogen) atoms. The summed E-state index contributed by atoms with van der Waals surface area (Å²) >= 11 is 0. The molecule has 0 unspecified atom stereocenters. The highest BCUT2D eigenvalue weighted by atomic mass is 16.6. The van der Waals surface area contributed by atoms with Gasteiger partial charge in [-0.15, -0.1) is 0 Å². The average Bonchev–Trinajstić information content (AvgIpc) is 2.70. The van der Waals surface area contributed by atoms with Gasteiger partial charge in [0.2, 0.25) is 0 Å². The Bertz CT molecular complexity index is 444. The fourth-order valence-electron chi connectivity index (χ4n) is 1.87. The summed E-state index contributed by atoms with van der Waals surface area (Å²) < 4.78 is 0. The predicted molar refractivity (Wildman–Crippen MR) is 63.1 cm³/mol. The Hall–Kier alpha value is -2.11. The molecule has 1 saturated heterocycles. The number of rotatable bonds is 3. The molecule has 6 nitrogen and oxygen atoms in total. The molecule has 1 heterocycles. The molecule has 90 valence electrons. The third-order valence-corrected chi connectivity index (χ3v) is 2.85. The number of non-ortho nitro benzene ring substituents is 1. The van der Waals surface area contributed by atoms with Crippen molar-refractivity contribution < 1.29 is 9.72 Å². The fraction of sp³-hybridized carbons (Fsp3) is 0.364. The Morgan fingerprint density at radius 2 is 1.94 bits per heavy atom. The third-order valence-electron chi connectivity index (χ3n) is 2.85. The Labute approximate surface area is 98.6 Å². The van der Waals surface area contributed by atoms with Crippen molar-refractivity contribution in [3.8, 4) is 0 Å². The smallest absolute Gasteiger partial charge is 0.323 e. The van der Waals surface area contributed by atoms with Gasteiger partial charge in [0.1, 0.15) is 0 Å². The van der Waals surface area contributed by atoms with E-state index in [0.29, 0.717) is 25.3 Å². The maximum absolute atomic E-state index is 11.9. The monoisotopic (exact) mass is 235 g/mol. The van der Waals surface area contributed by atoms with E-state index in [1.165, 1.54) is 12.1 Å². The van der Waals surface area contributed by atoms with Crippen LogP contribution in [-0.4, -0.2) is 35.5 Å². The lowest BCUT2D eigenvalue weighted by Gasteiger charge is -2.17. The van der Waals surface area contributed by atoms with Crippen LogP contribution in [0.2, 0.25) is 0 Å². The number of hydrogen-bond donors (Lipinski definition) is 0. The molecule has 6 heteroatoms. The minimum atomic E-state index is -0.450. The van der Waals surface area contributed by atoms with Crippen LogP contribution in [0, 0.1) is 10.1 Å². The molecule has 0 bridgehead atoms. The molecule has 1 fully saturated rings. The summed E-state index contributed by atoms with van der Waals surface area (Å²) in [6, 6.07) is 6.00. The Morgan fingerprint density at radius 1 is 1.29 bits per heavy atom. The van der Waals surface area contributed by atoms with Gasteiger partial charge in [-0.05, 0) is 19.1 Å². The molecule has 0 atom stereocenters. The predicted octanol–water partition coefficient (Wildman–Crippen LogP) is 1.86. The van der Waals surface area contributed by atoms with E-state index in [0.717, 1.165) is 0 Å². The summed E-state index contributed by atoms with van der Waals surface area (Å²) in [5.74, 6) is 0. The number of nitro benzene ring substituents is 1. The molecule has 2 amide bonds. The Balaban J connectivity index is 2.18. The van der Waals surface area contributed by atoms with E-state index in [9.17, 15) is 14.9 Å². The van der Waals surface area contributed by atoms with Gasteiger partial charge < -0.3 is 4.90 Å². The van der Waals surface area contributed by atoms with Gasteiger partial charge in [0.15, 0.2) is 0 Å². The second-order valence-corrected chi connectivity index (χ2v) is 3.79. The lowest BCUT2D eigenvalue weighted by Crippen LogP contribution is -2.31. The third kappa shape index (κ3) is 2.06. The van der Waals surface area contributed by atoms with Crippen molar-refractivity contribution >= 4 is 17.4 Å². The number of amides is 2. The van der Waals surface area contributed by atoms with Crippen molar-refractivity contribution in [3.05, 3.63) is 34.4 Å². The minimum absolute atomic E-state index is 0.0349. The number of hydrogen-bond acceptors (Lipinski definition) is 3. The highest BCUT2D eigenvalue weighted by molar-refractivity contribution is 5.94. The number of carbonyl (C=O) groups is 1. The van der Waals surface area contributed by atoms with Crippen molar-refractivity contribution in [2.75, 3.05) is 24.5 Å². The molecule has 1 aliphatic heterocycles. The van der Waals surface area contributed by atoms with E-state index < -0.39 is 4.92 Å². The topological polar surface area (TPSA) is 66.7 Å². The summed E-state index contributed by atoms with van der Waals surface area (Å²) in [7, 11) is 0. The molecule has 2 rings (SSSR count). The Kier molecular flexibility index (Phi) is 2.95. The number of benzene rings is 1. The fourth-order valence-corrected chi connectivity index (χ4v) is 1.87. The van der Waals surface area contributed by atoms with Crippen LogP contribution in [0.3, 0.4) is 0 Å². The number of nitrogens with zero attached hydrogens (tertiary/aromatic N) is 3. The average molecular weight is 235 g/mol. The first-order chi connectivity index (χ1) is 8.13. The first kappa shape index (κ1) is 11.4. The van der Waals surface area contributed by atoms with Gasteiger partial charge in [-0.1, -0.05) is 0 Å². The van der Waals surface area contributed by atoms with Crippen LogP contribution in [-0.2, 0) is 0 Å². The summed E-state index contributed by atoms with van der Waals surface area (Å²) in [5, 5.41) is 10.5.